The Balaban J connectivity index is 2.52. The molecule has 1 aliphatic rings. The van der Waals surface area contributed by atoms with Crippen molar-refractivity contribution in [2.75, 3.05) is 19.8 Å². The normalized spacial score (nSPS) is 24.1. The van der Waals surface area contributed by atoms with Crippen molar-refractivity contribution in [1.29, 1.82) is 0 Å². The summed E-state index contributed by atoms with van der Waals surface area (Å²) < 4.78 is 10.1. The molecule has 1 heterocycles. The second-order valence-electron chi connectivity index (χ2n) is 2.10. The molecule has 1 rings (SSSR count). The number of hydrogen-bond acceptors (Lipinski definition) is 4. The predicted octanol–water partition coefficient (Wildman–Crippen LogP) is -0.316. The van der Waals surface area contributed by atoms with Gasteiger partial charge in [-0.3, -0.25) is 5.32 Å². The van der Waals surface area contributed by atoms with E-state index < -0.39 is 6.23 Å². The zero-order valence-electron chi connectivity index (χ0n) is 6.42. The SMILES string of the molecule is CCOC1NCCOC1=C=O. The van der Waals surface area contributed by atoms with Crippen LogP contribution >= 0.6 is 0 Å². The highest BCUT2D eigenvalue weighted by atomic mass is 16.5. The maximum atomic E-state index is 10.2. The Kier molecular flexibility index (Phi) is 3.11. The smallest absolute Gasteiger partial charge is 0.224 e. The van der Waals surface area contributed by atoms with E-state index in [0.717, 1.165) is 0 Å². The molecule has 1 unspecified atom stereocenters. The second-order valence-corrected chi connectivity index (χ2v) is 2.10. The highest BCUT2D eigenvalue weighted by Gasteiger charge is 2.20. The molecule has 1 saturated heterocycles. The number of carbonyl (C=O) groups excluding carboxylic acids is 1. The maximum Gasteiger partial charge on any atom is 0.224 e. The van der Waals surface area contributed by atoms with Gasteiger partial charge in [0.05, 0.1) is 0 Å². The van der Waals surface area contributed by atoms with Gasteiger partial charge in [-0.2, -0.15) is 0 Å². The van der Waals surface area contributed by atoms with Crippen LogP contribution in [0.1, 0.15) is 6.92 Å². The third-order valence-corrected chi connectivity index (χ3v) is 1.36. The summed E-state index contributed by atoms with van der Waals surface area (Å²) in [6.45, 7) is 3.62. The minimum Gasteiger partial charge on any atom is -0.482 e. The van der Waals surface area contributed by atoms with Crippen LogP contribution in [0.5, 0.6) is 0 Å². The largest absolute Gasteiger partial charge is 0.482 e. The van der Waals surface area contributed by atoms with Gasteiger partial charge in [0, 0.05) is 13.2 Å². The first-order chi connectivity index (χ1) is 5.38. The molecule has 0 bridgehead atoms. The minimum absolute atomic E-state index is 0.220. The Labute approximate surface area is 65.2 Å². The van der Waals surface area contributed by atoms with E-state index in [1.165, 1.54) is 0 Å². The summed E-state index contributed by atoms with van der Waals surface area (Å²) in [7, 11) is 0. The Morgan fingerprint density at radius 1 is 1.91 bits per heavy atom. The Morgan fingerprint density at radius 3 is 3.36 bits per heavy atom. The van der Waals surface area contributed by atoms with Crippen LogP contribution in [-0.2, 0) is 14.3 Å². The van der Waals surface area contributed by atoms with E-state index in [2.05, 4.69) is 5.32 Å². The maximum absolute atomic E-state index is 10.2. The number of hydrogen-bond donors (Lipinski definition) is 1. The second kappa shape index (κ2) is 4.13. The lowest BCUT2D eigenvalue weighted by molar-refractivity contribution is -0.00779. The van der Waals surface area contributed by atoms with Crippen molar-refractivity contribution in [1.82, 2.24) is 5.32 Å². The summed E-state index contributed by atoms with van der Waals surface area (Å²) in [6.07, 6.45) is -0.397. The van der Waals surface area contributed by atoms with Crippen molar-refractivity contribution in [2.24, 2.45) is 0 Å². The Hall–Kier alpha value is -0.830. The topological polar surface area (TPSA) is 47.6 Å². The van der Waals surface area contributed by atoms with Crippen molar-refractivity contribution in [3.8, 4) is 0 Å². The monoisotopic (exact) mass is 157 g/mol. The van der Waals surface area contributed by atoms with Crippen LogP contribution in [0.3, 0.4) is 0 Å². The van der Waals surface area contributed by atoms with Crippen molar-refractivity contribution in [3.63, 3.8) is 0 Å². The lowest BCUT2D eigenvalue weighted by Crippen LogP contribution is -2.41. The molecule has 4 nitrogen and oxygen atoms in total. The van der Waals surface area contributed by atoms with Gasteiger partial charge < -0.3 is 9.47 Å². The Bertz CT molecular complexity index is 173. The van der Waals surface area contributed by atoms with E-state index in [1.54, 1.807) is 5.94 Å². The third-order valence-electron chi connectivity index (χ3n) is 1.36. The molecule has 1 atom stereocenters. The quantitative estimate of drug-likeness (QED) is 0.558. The van der Waals surface area contributed by atoms with Crippen molar-refractivity contribution >= 4 is 5.94 Å². The Morgan fingerprint density at radius 2 is 2.73 bits per heavy atom. The summed E-state index contributed by atoms with van der Waals surface area (Å²) in [6, 6.07) is 0. The average Bonchev–Trinajstić information content (AvgIpc) is 2.06. The molecule has 0 spiro atoms. The zero-order valence-corrected chi connectivity index (χ0v) is 6.42. The van der Waals surface area contributed by atoms with Crippen LogP contribution in [0.15, 0.2) is 5.76 Å². The predicted molar refractivity (Wildman–Crippen MR) is 38.6 cm³/mol. The van der Waals surface area contributed by atoms with Gasteiger partial charge in [-0.05, 0) is 6.92 Å². The molecule has 1 N–H and O–H groups in total. The molecule has 1 aliphatic heterocycles. The summed E-state index contributed by atoms with van der Waals surface area (Å²) in [5.74, 6) is 1.92. The molecule has 0 aromatic rings. The molecule has 4 heteroatoms. The molecule has 0 aromatic heterocycles. The van der Waals surface area contributed by atoms with E-state index in [4.69, 9.17) is 9.47 Å². The van der Waals surface area contributed by atoms with Crippen molar-refractivity contribution in [2.45, 2.75) is 13.2 Å². The standard InChI is InChI=1S/C7H11NO3/c1-2-10-7-6(5-9)11-4-3-8-7/h7-8H,2-4H2,1H3. The first-order valence-corrected chi connectivity index (χ1v) is 3.61. The van der Waals surface area contributed by atoms with Crippen molar-refractivity contribution < 1.29 is 14.3 Å². The molecular formula is C7H11NO3. The van der Waals surface area contributed by atoms with E-state index >= 15 is 0 Å². The van der Waals surface area contributed by atoms with Gasteiger partial charge in [0.25, 0.3) is 0 Å². The van der Waals surface area contributed by atoms with Gasteiger partial charge in [0.15, 0.2) is 12.2 Å². The molecule has 0 saturated carbocycles. The number of morpholine rings is 1. The summed E-state index contributed by atoms with van der Waals surface area (Å²) in [5.41, 5.74) is 0. The minimum atomic E-state index is -0.397. The van der Waals surface area contributed by atoms with Gasteiger partial charge in [-0.15, -0.1) is 0 Å². The summed E-state index contributed by atoms with van der Waals surface area (Å²) in [4.78, 5) is 10.2. The number of nitrogens with one attached hydrogen (secondary N) is 1. The van der Waals surface area contributed by atoms with Gasteiger partial charge >= 0.3 is 0 Å². The first-order valence-electron chi connectivity index (χ1n) is 3.61. The van der Waals surface area contributed by atoms with E-state index in [1.807, 2.05) is 6.92 Å². The van der Waals surface area contributed by atoms with Gasteiger partial charge in [0.1, 0.15) is 6.61 Å². The lowest BCUT2D eigenvalue weighted by Gasteiger charge is -2.24. The van der Waals surface area contributed by atoms with E-state index in [0.29, 0.717) is 19.8 Å². The molecule has 0 amide bonds. The molecule has 0 aromatic carbocycles. The fourth-order valence-corrected chi connectivity index (χ4v) is 0.904. The summed E-state index contributed by atoms with van der Waals surface area (Å²) >= 11 is 0. The fraction of sp³-hybridized carbons (Fsp3) is 0.714. The molecule has 0 aliphatic carbocycles. The lowest BCUT2D eigenvalue weighted by atomic mass is 10.4. The van der Waals surface area contributed by atoms with E-state index in [9.17, 15) is 4.79 Å². The highest BCUT2D eigenvalue weighted by Crippen LogP contribution is 2.05. The van der Waals surface area contributed by atoms with Crippen LogP contribution in [-0.4, -0.2) is 31.9 Å². The summed E-state index contributed by atoms with van der Waals surface area (Å²) in [5, 5.41) is 2.97. The highest BCUT2D eigenvalue weighted by molar-refractivity contribution is 5.51. The van der Waals surface area contributed by atoms with Crippen LogP contribution in [0.4, 0.5) is 0 Å². The van der Waals surface area contributed by atoms with Crippen molar-refractivity contribution in [3.05, 3.63) is 5.76 Å². The average molecular weight is 157 g/mol. The molecule has 11 heavy (non-hydrogen) atoms. The molecular weight excluding hydrogens is 146 g/mol. The van der Waals surface area contributed by atoms with Gasteiger partial charge in [-0.25, -0.2) is 4.79 Å². The van der Waals surface area contributed by atoms with Crippen LogP contribution in [0, 0.1) is 0 Å². The van der Waals surface area contributed by atoms with Gasteiger partial charge in [-0.1, -0.05) is 0 Å². The number of rotatable bonds is 2. The van der Waals surface area contributed by atoms with Gasteiger partial charge in [0.2, 0.25) is 5.76 Å². The van der Waals surface area contributed by atoms with Crippen LogP contribution in [0.2, 0.25) is 0 Å². The third kappa shape index (κ3) is 2.05. The molecule has 62 valence electrons. The van der Waals surface area contributed by atoms with Crippen LogP contribution in [0.25, 0.3) is 0 Å². The van der Waals surface area contributed by atoms with E-state index in [-0.39, 0.29) is 5.76 Å². The number of ether oxygens (including phenoxy) is 2. The fourth-order valence-electron chi connectivity index (χ4n) is 0.904. The first kappa shape index (κ1) is 8.27. The van der Waals surface area contributed by atoms with Crippen LogP contribution < -0.4 is 5.32 Å². The molecule has 0 radical (unpaired) electrons. The zero-order chi connectivity index (χ0) is 8.10. The molecule has 1 fully saturated rings.